The van der Waals surface area contributed by atoms with Crippen molar-refractivity contribution < 1.29 is 4.74 Å². The zero-order chi connectivity index (χ0) is 10.2. The maximum atomic E-state index is 5.02. The van der Waals surface area contributed by atoms with Crippen LogP contribution in [-0.4, -0.2) is 26.3 Å². The molecule has 0 saturated heterocycles. The summed E-state index contributed by atoms with van der Waals surface area (Å²) < 4.78 is 5.02. The lowest BCUT2D eigenvalue weighted by Crippen LogP contribution is -2.34. The number of ether oxygens (including phenoxy) is 1. The zero-order valence-electron chi connectivity index (χ0n) is 9.72. The summed E-state index contributed by atoms with van der Waals surface area (Å²) in [5.41, 5.74) is 0. The van der Waals surface area contributed by atoms with Crippen LogP contribution in [0.2, 0.25) is 0 Å². The fourth-order valence-corrected chi connectivity index (χ4v) is 2.30. The molecule has 1 aliphatic rings. The monoisotopic (exact) mass is 199 g/mol. The zero-order valence-corrected chi connectivity index (χ0v) is 9.72. The van der Waals surface area contributed by atoms with Gasteiger partial charge in [0.1, 0.15) is 0 Å². The van der Waals surface area contributed by atoms with Crippen molar-refractivity contribution in [3.05, 3.63) is 0 Å². The Morgan fingerprint density at radius 3 is 2.86 bits per heavy atom. The fraction of sp³-hybridized carbons (Fsp3) is 1.00. The Balaban J connectivity index is 1.95. The Bertz CT molecular complexity index is 138. The average molecular weight is 199 g/mol. The van der Waals surface area contributed by atoms with Crippen molar-refractivity contribution in [2.75, 3.05) is 20.3 Å². The smallest absolute Gasteiger partial charge is 0.0462 e. The Morgan fingerprint density at radius 1 is 1.29 bits per heavy atom. The van der Waals surface area contributed by atoms with Crippen LogP contribution in [0.5, 0.6) is 0 Å². The molecule has 0 bridgehead atoms. The molecule has 0 spiro atoms. The summed E-state index contributed by atoms with van der Waals surface area (Å²) in [7, 11) is 1.77. The van der Waals surface area contributed by atoms with Gasteiger partial charge in [-0.15, -0.1) is 0 Å². The van der Waals surface area contributed by atoms with E-state index in [1.165, 1.54) is 45.1 Å². The van der Waals surface area contributed by atoms with E-state index < -0.39 is 0 Å². The van der Waals surface area contributed by atoms with E-state index in [0.29, 0.717) is 0 Å². The van der Waals surface area contributed by atoms with E-state index in [0.717, 1.165) is 18.6 Å². The van der Waals surface area contributed by atoms with Crippen LogP contribution < -0.4 is 5.32 Å². The van der Waals surface area contributed by atoms with Gasteiger partial charge < -0.3 is 10.1 Å². The van der Waals surface area contributed by atoms with Gasteiger partial charge in [-0.3, -0.25) is 0 Å². The van der Waals surface area contributed by atoms with Crippen LogP contribution in [0.3, 0.4) is 0 Å². The molecule has 84 valence electrons. The second-order valence-corrected chi connectivity index (χ2v) is 4.62. The highest BCUT2D eigenvalue weighted by molar-refractivity contribution is 4.75. The SMILES string of the molecule is COCCCCNC1CCCC(C)C1. The number of unbranched alkanes of at least 4 members (excludes halogenated alkanes) is 1. The van der Waals surface area contributed by atoms with Crippen LogP contribution in [0.15, 0.2) is 0 Å². The van der Waals surface area contributed by atoms with Crippen LogP contribution in [-0.2, 0) is 4.74 Å². The van der Waals surface area contributed by atoms with Crippen molar-refractivity contribution in [2.45, 2.75) is 51.5 Å². The summed E-state index contributed by atoms with van der Waals surface area (Å²) in [6, 6.07) is 0.793. The van der Waals surface area contributed by atoms with Gasteiger partial charge in [0, 0.05) is 19.8 Å². The molecule has 2 unspecified atom stereocenters. The molecule has 1 N–H and O–H groups in total. The second kappa shape index (κ2) is 7.24. The summed E-state index contributed by atoms with van der Waals surface area (Å²) in [4.78, 5) is 0. The minimum Gasteiger partial charge on any atom is -0.385 e. The summed E-state index contributed by atoms with van der Waals surface area (Å²) in [6.07, 6.45) is 8.04. The van der Waals surface area contributed by atoms with Crippen LogP contribution in [0.4, 0.5) is 0 Å². The summed E-state index contributed by atoms with van der Waals surface area (Å²) in [6.45, 7) is 4.45. The van der Waals surface area contributed by atoms with Gasteiger partial charge in [0.15, 0.2) is 0 Å². The first-order valence-electron chi connectivity index (χ1n) is 6.05. The molecule has 2 nitrogen and oxygen atoms in total. The first-order chi connectivity index (χ1) is 6.83. The highest BCUT2D eigenvalue weighted by Gasteiger charge is 2.17. The third kappa shape index (κ3) is 4.97. The number of methoxy groups -OCH3 is 1. The van der Waals surface area contributed by atoms with Crippen molar-refractivity contribution in [3.8, 4) is 0 Å². The van der Waals surface area contributed by atoms with Crippen LogP contribution in [0.25, 0.3) is 0 Å². The number of hydrogen-bond donors (Lipinski definition) is 1. The highest BCUT2D eigenvalue weighted by Crippen LogP contribution is 2.23. The fourth-order valence-electron chi connectivity index (χ4n) is 2.30. The Kier molecular flexibility index (Phi) is 6.20. The van der Waals surface area contributed by atoms with E-state index in [1.54, 1.807) is 7.11 Å². The van der Waals surface area contributed by atoms with E-state index in [-0.39, 0.29) is 0 Å². The molecule has 0 aromatic heterocycles. The number of rotatable bonds is 6. The molecule has 2 heteroatoms. The lowest BCUT2D eigenvalue weighted by molar-refractivity contribution is 0.191. The maximum Gasteiger partial charge on any atom is 0.0462 e. The van der Waals surface area contributed by atoms with Gasteiger partial charge in [-0.1, -0.05) is 19.8 Å². The molecule has 0 heterocycles. The molecule has 0 aliphatic heterocycles. The molecule has 0 aromatic carbocycles. The van der Waals surface area contributed by atoms with Gasteiger partial charge in [-0.05, 0) is 38.1 Å². The molecule has 1 rings (SSSR count). The molecular weight excluding hydrogens is 174 g/mol. The first-order valence-corrected chi connectivity index (χ1v) is 6.05. The Labute approximate surface area is 88.4 Å². The lowest BCUT2D eigenvalue weighted by atomic mass is 9.87. The van der Waals surface area contributed by atoms with Crippen LogP contribution >= 0.6 is 0 Å². The van der Waals surface area contributed by atoms with Gasteiger partial charge >= 0.3 is 0 Å². The molecule has 2 atom stereocenters. The van der Waals surface area contributed by atoms with E-state index >= 15 is 0 Å². The maximum absolute atomic E-state index is 5.02. The summed E-state index contributed by atoms with van der Waals surface area (Å²) >= 11 is 0. The van der Waals surface area contributed by atoms with Crippen molar-refractivity contribution in [2.24, 2.45) is 5.92 Å². The van der Waals surface area contributed by atoms with E-state index in [4.69, 9.17) is 4.74 Å². The minimum atomic E-state index is 0.793. The standard InChI is InChI=1S/C12H25NO/c1-11-6-5-7-12(10-11)13-8-3-4-9-14-2/h11-13H,3-10H2,1-2H3. The summed E-state index contributed by atoms with van der Waals surface area (Å²) in [5, 5.41) is 3.66. The summed E-state index contributed by atoms with van der Waals surface area (Å²) in [5.74, 6) is 0.931. The van der Waals surface area contributed by atoms with Crippen molar-refractivity contribution in [1.29, 1.82) is 0 Å². The normalized spacial score (nSPS) is 27.9. The van der Waals surface area contributed by atoms with E-state index in [9.17, 15) is 0 Å². The molecule has 0 amide bonds. The van der Waals surface area contributed by atoms with Crippen molar-refractivity contribution >= 4 is 0 Å². The predicted octanol–water partition coefficient (Wildman–Crippen LogP) is 2.58. The van der Waals surface area contributed by atoms with Crippen LogP contribution in [0, 0.1) is 5.92 Å². The molecule has 1 fully saturated rings. The van der Waals surface area contributed by atoms with Gasteiger partial charge in [-0.25, -0.2) is 0 Å². The minimum absolute atomic E-state index is 0.793. The third-order valence-electron chi connectivity index (χ3n) is 3.14. The van der Waals surface area contributed by atoms with Crippen molar-refractivity contribution in [3.63, 3.8) is 0 Å². The van der Waals surface area contributed by atoms with Gasteiger partial charge in [0.05, 0.1) is 0 Å². The third-order valence-corrected chi connectivity index (χ3v) is 3.14. The Morgan fingerprint density at radius 2 is 2.14 bits per heavy atom. The molecule has 0 aromatic rings. The van der Waals surface area contributed by atoms with Crippen LogP contribution in [0.1, 0.15) is 45.4 Å². The molecule has 1 saturated carbocycles. The molecule has 14 heavy (non-hydrogen) atoms. The van der Waals surface area contributed by atoms with E-state index in [1.807, 2.05) is 0 Å². The van der Waals surface area contributed by atoms with Gasteiger partial charge in [0.2, 0.25) is 0 Å². The van der Waals surface area contributed by atoms with E-state index in [2.05, 4.69) is 12.2 Å². The topological polar surface area (TPSA) is 21.3 Å². The lowest BCUT2D eigenvalue weighted by Gasteiger charge is -2.27. The molecule has 0 radical (unpaired) electrons. The highest BCUT2D eigenvalue weighted by atomic mass is 16.5. The largest absolute Gasteiger partial charge is 0.385 e. The molecular formula is C12H25NO. The average Bonchev–Trinajstić information content (AvgIpc) is 2.18. The van der Waals surface area contributed by atoms with Gasteiger partial charge in [-0.2, -0.15) is 0 Å². The van der Waals surface area contributed by atoms with Gasteiger partial charge in [0.25, 0.3) is 0 Å². The molecule has 1 aliphatic carbocycles. The van der Waals surface area contributed by atoms with Crippen molar-refractivity contribution in [1.82, 2.24) is 5.32 Å². The quantitative estimate of drug-likeness (QED) is 0.664. The first kappa shape index (κ1) is 12.0. The second-order valence-electron chi connectivity index (χ2n) is 4.62. The predicted molar refractivity (Wildman–Crippen MR) is 60.5 cm³/mol. The Hall–Kier alpha value is -0.0800. The number of nitrogens with one attached hydrogen (secondary N) is 1. The number of hydrogen-bond acceptors (Lipinski definition) is 2.